The van der Waals surface area contributed by atoms with Crippen LogP contribution in [0.1, 0.15) is 63.8 Å². The van der Waals surface area contributed by atoms with E-state index in [0.29, 0.717) is 12.3 Å². The van der Waals surface area contributed by atoms with E-state index in [0.717, 1.165) is 22.3 Å². The summed E-state index contributed by atoms with van der Waals surface area (Å²) in [6.45, 7) is 13.0. The number of hydrogen-bond acceptors (Lipinski definition) is 2. The molecule has 2 aromatic rings. The fraction of sp³-hybridized carbons (Fsp3) is 0.375. The van der Waals surface area contributed by atoms with Crippen LogP contribution in [0, 0.1) is 0 Å². The van der Waals surface area contributed by atoms with Gasteiger partial charge in [-0.25, -0.2) is 0 Å². The fourth-order valence-electron chi connectivity index (χ4n) is 2.91. The number of phenols is 1. The van der Waals surface area contributed by atoms with Gasteiger partial charge in [0.15, 0.2) is 0 Å². The summed E-state index contributed by atoms with van der Waals surface area (Å²) in [6.07, 6.45) is 3.36. The predicted octanol–water partition coefficient (Wildman–Crippen LogP) is 5.32. The molecule has 0 bridgehead atoms. The zero-order valence-corrected chi connectivity index (χ0v) is 17.3. The largest absolute Gasteiger partial charge is 0.507 e. The van der Waals surface area contributed by atoms with Crippen molar-refractivity contribution < 1.29 is 9.90 Å². The molecule has 0 aliphatic carbocycles. The Bertz CT molecular complexity index is 787. The lowest BCUT2D eigenvalue weighted by atomic mass is 9.78. The first-order chi connectivity index (χ1) is 12.5. The standard InChI is InChI=1S/C24H31NO2/c1-23(2,3)19-14-18(15-20(22(19)27)24(4,5)6)12-13-21(26)25-16-17-10-8-7-9-11-17/h7-15,27H,16H2,1-6H3,(H,25,26)/b13-12+. The molecular formula is C24H31NO2. The number of amides is 1. The molecule has 0 aromatic heterocycles. The van der Waals surface area contributed by atoms with Crippen molar-refractivity contribution in [2.24, 2.45) is 0 Å². The van der Waals surface area contributed by atoms with E-state index < -0.39 is 0 Å². The number of benzene rings is 2. The van der Waals surface area contributed by atoms with Crippen LogP contribution >= 0.6 is 0 Å². The summed E-state index contributed by atoms with van der Waals surface area (Å²) in [5, 5.41) is 13.7. The minimum absolute atomic E-state index is 0.137. The number of rotatable bonds is 4. The first kappa shape index (κ1) is 20.8. The van der Waals surface area contributed by atoms with E-state index in [1.807, 2.05) is 48.5 Å². The summed E-state index contributed by atoms with van der Waals surface area (Å²) >= 11 is 0. The van der Waals surface area contributed by atoms with Crippen LogP contribution < -0.4 is 5.32 Å². The molecule has 3 nitrogen and oxygen atoms in total. The van der Waals surface area contributed by atoms with E-state index in [1.54, 1.807) is 6.08 Å². The molecule has 0 saturated heterocycles. The number of hydrogen-bond donors (Lipinski definition) is 2. The third-order valence-electron chi connectivity index (χ3n) is 4.49. The molecule has 0 saturated carbocycles. The molecule has 0 atom stereocenters. The number of carbonyl (C=O) groups is 1. The van der Waals surface area contributed by atoms with Crippen LogP contribution in [0.3, 0.4) is 0 Å². The number of aromatic hydroxyl groups is 1. The Labute approximate surface area is 163 Å². The lowest BCUT2D eigenvalue weighted by Crippen LogP contribution is -2.20. The summed E-state index contributed by atoms with van der Waals surface area (Å²) in [4.78, 5) is 12.2. The third kappa shape index (κ3) is 5.72. The zero-order chi connectivity index (χ0) is 20.2. The van der Waals surface area contributed by atoms with Crippen LogP contribution in [0.15, 0.2) is 48.5 Å². The van der Waals surface area contributed by atoms with Crippen molar-refractivity contribution in [2.75, 3.05) is 0 Å². The maximum Gasteiger partial charge on any atom is 0.244 e. The fourth-order valence-corrected chi connectivity index (χ4v) is 2.91. The number of nitrogens with one attached hydrogen (secondary N) is 1. The van der Waals surface area contributed by atoms with Crippen LogP contribution in [0.4, 0.5) is 0 Å². The van der Waals surface area contributed by atoms with E-state index in [-0.39, 0.29) is 16.7 Å². The Hall–Kier alpha value is -2.55. The second kappa shape index (κ2) is 7.99. The second-order valence-electron chi connectivity index (χ2n) is 9.00. The predicted molar refractivity (Wildman–Crippen MR) is 113 cm³/mol. The quantitative estimate of drug-likeness (QED) is 0.721. The van der Waals surface area contributed by atoms with Crippen molar-refractivity contribution in [2.45, 2.75) is 58.9 Å². The van der Waals surface area contributed by atoms with Gasteiger partial charge < -0.3 is 10.4 Å². The highest BCUT2D eigenvalue weighted by Crippen LogP contribution is 2.39. The van der Waals surface area contributed by atoms with Crippen molar-refractivity contribution >= 4 is 12.0 Å². The molecule has 0 aliphatic rings. The molecule has 0 heterocycles. The molecule has 144 valence electrons. The Balaban J connectivity index is 2.24. The van der Waals surface area contributed by atoms with E-state index >= 15 is 0 Å². The summed E-state index contributed by atoms with van der Waals surface area (Å²) in [5.41, 5.74) is 3.37. The summed E-state index contributed by atoms with van der Waals surface area (Å²) in [7, 11) is 0. The van der Waals surface area contributed by atoms with Gasteiger partial charge in [-0.1, -0.05) is 71.9 Å². The highest BCUT2D eigenvalue weighted by atomic mass is 16.3. The highest BCUT2D eigenvalue weighted by Gasteiger charge is 2.26. The van der Waals surface area contributed by atoms with Crippen LogP contribution in [0.2, 0.25) is 0 Å². The summed E-state index contributed by atoms with van der Waals surface area (Å²) in [5.74, 6) is 0.210. The molecular weight excluding hydrogens is 334 g/mol. The summed E-state index contributed by atoms with van der Waals surface area (Å²) < 4.78 is 0. The highest BCUT2D eigenvalue weighted by molar-refractivity contribution is 5.91. The minimum atomic E-state index is -0.191. The zero-order valence-electron chi connectivity index (χ0n) is 17.3. The van der Waals surface area contributed by atoms with E-state index in [9.17, 15) is 9.90 Å². The van der Waals surface area contributed by atoms with Gasteiger partial charge in [-0.2, -0.15) is 0 Å². The van der Waals surface area contributed by atoms with Gasteiger partial charge in [0, 0.05) is 23.7 Å². The van der Waals surface area contributed by atoms with Gasteiger partial charge in [0.25, 0.3) is 0 Å². The smallest absolute Gasteiger partial charge is 0.244 e. The topological polar surface area (TPSA) is 49.3 Å². The van der Waals surface area contributed by atoms with Crippen LogP contribution in [0.5, 0.6) is 5.75 Å². The minimum Gasteiger partial charge on any atom is -0.507 e. The Morgan fingerprint density at radius 2 is 1.48 bits per heavy atom. The molecule has 2 aromatic carbocycles. The van der Waals surface area contributed by atoms with E-state index in [2.05, 4.69) is 46.9 Å². The lowest BCUT2D eigenvalue weighted by Gasteiger charge is -2.27. The molecule has 0 fully saturated rings. The second-order valence-corrected chi connectivity index (χ2v) is 9.00. The van der Waals surface area contributed by atoms with Crippen molar-refractivity contribution in [1.82, 2.24) is 5.32 Å². The van der Waals surface area contributed by atoms with Crippen molar-refractivity contribution in [3.63, 3.8) is 0 Å². The molecule has 0 aliphatic heterocycles. The molecule has 0 radical (unpaired) electrons. The summed E-state index contributed by atoms with van der Waals surface area (Å²) in [6, 6.07) is 13.8. The van der Waals surface area contributed by atoms with Crippen LogP contribution in [-0.2, 0) is 22.2 Å². The van der Waals surface area contributed by atoms with Gasteiger partial charge in [-0.05, 0) is 40.2 Å². The van der Waals surface area contributed by atoms with Crippen LogP contribution in [0.25, 0.3) is 6.08 Å². The first-order valence-electron chi connectivity index (χ1n) is 9.36. The Kier molecular flexibility index (Phi) is 6.15. The Morgan fingerprint density at radius 1 is 0.963 bits per heavy atom. The van der Waals surface area contributed by atoms with E-state index in [4.69, 9.17) is 0 Å². The van der Waals surface area contributed by atoms with Gasteiger partial charge in [-0.3, -0.25) is 4.79 Å². The molecule has 0 unspecified atom stereocenters. The lowest BCUT2D eigenvalue weighted by molar-refractivity contribution is -0.116. The average molecular weight is 366 g/mol. The van der Waals surface area contributed by atoms with Crippen molar-refractivity contribution in [3.8, 4) is 5.75 Å². The van der Waals surface area contributed by atoms with E-state index in [1.165, 1.54) is 0 Å². The monoisotopic (exact) mass is 365 g/mol. The average Bonchev–Trinajstić information content (AvgIpc) is 2.58. The molecule has 1 amide bonds. The first-order valence-corrected chi connectivity index (χ1v) is 9.36. The Morgan fingerprint density at radius 3 is 1.96 bits per heavy atom. The number of carbonyl (C=O) groups excluding carboxylic acids is 1. The molecule has 27 heavy (non-hydrogen) atoms. The number of phenolic OH excluding ortho intramolecular Hbond substituents is 1. The van der Waals surface area contributed by atoms with Crippen molar-refractivity contribution in [3.05, 3.63) is 70.8 Å². The van der Waals surface area contributed by atoms with Gasteiger partial charge in [0.2, 0.25) is 5.91 Å². The van der Waals surface area contributed by atoms with Crippen LogP contribution in [-0.4, -0.2) is 11.0 Å². The molecule has 3 heteroatoms. The maximum atomic E-state index is 12.2. The maximum absolute atomic E-state index is 12.2. The third-order valence-corrected chi connectivity index (χ3v) is 4.49. The molecule has 2 N–H and O–H groups in total. The van der Waals surface area contributed by atoms with Gasteiger partial charge >= 0.3 is 0 Å². The SMILES string of the molecule is CC(C)(C)c1cc(/C=C/C(=O)NCc2ccccc2)cc(C(C)(C)C)c1O. The molecule has 2 rings (SSSR count). The van der Waals surface area contributed by atoms with Crippen molar-refractivity contribution in [1.29, 1.82) is 0 Å². The van der Waals surface area contributed by atoms with Gasteiger partial charge in [0.05, 0.1) is 0 Å². The molecule has 0 spiro atoms. The normalized spacial score (nSPS) is 12.4. The van der Waals surface area contributed by atoms with Gasteiger partial charge in [-0.15, -0.1) is 0 Å². The van der Waals surface area contributed by atoms with Gasteiger partial charge in [0.1, 0.15) is 5.75 Å².